The molecule has 0 aliphatic heterocycles. The lowest BCUT2D eigenvalue weighted by molar-refractivity contribution is -0.135. The molecule has 2 nitrogen and oxygen atoms in total. The maximum Gasteiger partial charge on any atom is 0.293 e. The summed E-state index contributed by atoms with van der Waals surface area (Å²) in [7, 11) is 0. The number of rotatable bonds is 2. The van der Waals surface area contributed by atoms with Gasteiger partial charge in [0.2, 0.25) is 0 Å². The van der Waals surface area contributed by atoms with Crippen molar-refractivity contribution in [1.29, 1.82) is 0 Å². The third-order valence-electron chi connectivity index (χ3n) is 2.90. The van der Waals surface area contributed by atoms with E-state index in [0.29, 0.717) is 12.4 Å². The highest BCUT2D eigenvalue weighted by atomic mass is 16.5. The highest BCUT2D eigenvalue weighted by Gasteiger charge is 2.40. The molecule has 0 spiro atoms. The predicted molar refractivity (Wildman–Crippen MR) is 47.7 cm³/mol. The average molecular weight is 170 g/mol. The molecule has 0 heterocycles. The van der Waals surface area contributed by atoms with Gasteiger partial charge in [0.15, 0.2) is 0 Å². The zero-order valence-corrected chi connectivity index (χ0v) is 7.95. The van der Waals surface area contributed by atoms with Crippen LogP contribution < -0.4 is 0 Å². The molecule has 12 heavy (non-hydrogen) atoms. The first-order valence-electron chi connectivity index (χ1n) is 4.99. The fraction of sp³-hybridized carbons (Fsp3) is 0.900. The lowest BCUT2D eigenvalue weighted by Gasteiger charge is -2.18. The Bertz CT molecular complexity index is 145. The van der Waals surface area contributed by atoms with Crippen LogP contribution in [-0.2, 0) is 9.53 Å². The first kappa shape index (κ1) is 9.56. The molecule has 0 aromatic carbocycles. The van der Waals surface area contributed by atoms with Gasteiger partial charge in [-0.05, 0) is 37.5 Å². The van der Waals surface area contributed by atoms with E-state index in [1.807, 2.05) is 13.8 Å². The highest BCUT2D eigenvalue weighted by Crippen LogP contribution is 2.45. The van der Waals surface area contributed by atoms with Gasteiger partial charge < -0.3 is 4.74 Å². The van der Waals surface area contributed by atoms with Gasteiger partial charge in [-0.3, -0.25) is 4.79 Å². The fourth-order valence-corrected chi connectivity index (χ4v) is 2.42. The van der Waals surface area contributed by atoms with Crippen LogP contribution >= 0.6 is 0 Å². The molecule has 2 saturated carbocycles. The smallest absolute Gasteiger partial charge is 0.293 e. The standard InChI is InChI=1S/C8H12O2.C2H6/c9-5-10-8-4-6-1-2-7(8)3-6;1-2/h5-8H,1-4H2;1-2H3. The minimum absolute atomic E-state index is 0.274. The summed E-state index contributed by atoms with van der Waals surface area (Å²) >= 11 is 0. The summed E-state index contributed by atoms with van der Waals surface area (Å²) in [5.41, 5.74) is 0. The number of carbonyl (C=O) groups excluding carboxylic acids is 1. The summed E-state index contributed by atoms with van der Waals surface area (Å²) in [6.07, 6.45) is 5.35. The normalized spacial score (nSPS) is 37.0. The minimum Gasteiger partial charge on any atom is -0.464 e. The van der Waals surface area contributed by atoms with Gasteiger partial charge in [0, 0.05) is 0 Å². The van der Waals surface area contributed by atoms with E-state index in [9.17, 15) is 4.79 Å². The maximum atomic E-state index is 10.0. The van der Waals surface area contributed by atoms with Crippen molar-refractivity contribution in [2.24, 2.45) is 11.8 Å². The Morgan fingerprint density at radius 1 is 1.25 bits per heavy atom. The van der Waals surface area contributed by atoms with E-state index in [2.05, 4.69) is 0 Å². The van der Waals surface area contributed by atoms with Crippen LogP contribution in [0, 0.1) is 11.8 Å². The molecule has 2 aliphatic rings. The first-order chi connectivity index (χ1) is 5.90. The van der Waals surface area contributed by atoms with Gasteiger partial charge in [0.05, 0.1) is 0 Å². The van der Waals surface area contributed by atoms with Crippen molar-refractivity contribution in [3.8, 4) is 0 Å². The molecule has 2 heteroatoms. The Labute approximate surface area is 74.3 Å². The van der Waals surface area contributed by atoms with Gasteiger partial charge in [-0.15, -0.1) is 0 Å². The van der Waals surface area contributed by atoms with Crippen LogP contribution in [0.5, 0.6) is 0 Å². The van der Waals surface area contributed by atoms with E-state index in [-0.39, 0.29) is 6.10 Å². The number of hydrogen-bond acceptors (Lipinski definition) is 2. The van der Waals surface area contributed by atoms with Crippen LogP contribution in [0.4, 0.5) is 0 Å². The molecular formula is C10H18O2. The molecule has 0 N–H and O–H groups in total. The lowest BCUT2D eigenvalue weighted by atomic mass is 9.98. The summed E-state index contributed by atoms with van der Waals surface area (Å²) in [6, 6.07) is 0. The Hall–Kier alpha value is -0.530. The molecule has 0 radical (unpaired) electrons. The molecule has 70 valence electrons. The van der Waals surface area contributed by atoms with Crippen molar-refractivity contribution in [2.45, 2.75) is 45.6 Å². The van der Waals surface area contributed by atoms with Crippen LogP contribution in [0.3, 0.4) is 0 Å². The van der Waals surface area contributed by atoms with Crippen LogP contribution in [0.1, 0.15) is 39.5 Å². The van der Waals surface area contributed by atoms with Gasteiger partial charge in [-0.1, -0.05) is 13.8 Å². The van der Waals surface area contributed by atoms with E-state index >= 15 is 0 Å². The second-order valence-electron chi connectivity index (χ2n) is 3.45. The van der Waals surface area contributed by atoms with Gasteiger partial charge in [0.25, 0.3) is 6.47 Å². The van der Waals surface area contributed by atoms with Crippen LogP contribution in [0.25, 0.3) is 0 Å². The monoisotopic (exact) mass is 170 g/mol. The van der Waals surface area contributed by atoms with Crippen molar-refractivity contribution in [2.75, 3.05) is 0 Å². The predicted octanol–water partition coefficient (Wildman–Crippen LogP) is 2.37. The Balaban J connectivity index is 0.000000336. The van der Waals surface area contributed by atoms with E-state index in [4.69, 9.17) is 4.74 Å². The van der Waals surface area contributed by atoms with Crippen molar-refractivity contribution in [3.05, 3.63) is 0 Å². The molecule has 0 aromatic heterocycles. The molecule has 2 bridgehead atoms. The first-order valence-corrected chi connectivity index (χ1v) is 4.99. The zero-order valence-electron chi connectivity index (χ0n) is 7.95. The number of hydrogen-bond donors (Lipinski definition) is 0. The SMILES string of the molecule is CC.O=COC1CC2CCC1C2. The molecule has 0 aromatic rings. The van der Waals surface area contributed by atoms with Gasteiger partial charge in [0.1, 0.15) is 6.10 Å². The van der Waals surface area contributed by atoms with E-state index < -0.39 is 0 Å². The van der Waals surface area contributed by atoms with Gasteiger partial charge in [-0.2, -0.15) is 0 Å². The third kappa shape index (κ3) is 1.79. The van der Waals surface area contributed by atoms with Gasteiger partial charge >= 0.3 is 0 Å². The van der Waals surface area contributed by atoms with Crippen LogP contribution in [0.2, 0.25) is 0 Å². The highest BCUT2D eigenvalue weighted by molar-refractivity contribution is 5.37. The van der Waals surface area contributed by atoms with E-state index in [1.165, 1.54) is 19.3 Å². The van der Waals surface area contributed by atoms with E-state index in [1.54, 1.807) is 0 Å². The summed E-state index contributed by atoms with van der Waals surface area (Å²) in [5.74, 6) is 1.57. The quantitative estimate of drug-likeness (QED) is 0.595. The van der Waals surface area contributed by atoms with Crippen molar-refractivity contribution >= 4 is 6.47 Å². The van der Waals surface area contributed by atoms with Crippen molar-refractivity contribution in [1.82, 2.24) is 0 Å². The molecule has 3 atom stereocenters. The Kier molecular flexibility index (Phi) is 3.57. The van der Waals surface area contributed by atoms with Crippen LogP contribution in [0.15, 0.2) is 0 Å². The molecule has 2 aliphatic carbocycles. The number of fused-ring (bicyclic) bond motifs is 2. The summed E-state index contributed by atoms with van der Waals surface area (Å²) in [4.78, 5) is 10.0. The Morgan fingerprint density at radius 2 is 2.00 bits per heavy atom. The fourth-order valence-electron chi connectivity index (χ4n) is 2.42. The lowest BCUT2D eigenvalue weighted by Crippen LogP contribution is -2.19. The minimum atomic E-state index is 0.274. The summed E-state index contributed by atoms with van der Waals surface area (Å²) in [6.45, 7) is 4.60. The average Bonchev–Trinajstić information content (AvgIpc) is 2.69. The second kappa shape index (κ2) is 4.48. The van der Waals surface area contributed by atoms with Gasteiger partial charge in [-0.25, -0.2) is 0 Å². The zero-order chi connectivity index (χ0) is 8.97. The largest absolute Gasteiger partial charge is 0.464 e. The Morgan fingerprint density at radius 3 is 2.42 bits per heavy atom. The number of ether oxygens (including phenoxy) is 1. The molecule has 2 rings (SSSR count). The summed E-state index contributed by atoms with van der Waals surface area (Å²) < 4.78 is 4.96. The van der Waals surface area contributed by atoms with E-state index in [0.717, 1.165) is 12.3 Å². The second-order valence-corrected chi connectivity index (χ2v) is 3.45. The maximum absolute atomic E-state index is 10.0. The molecule has 0 saturated heterocycles. The number of carbonyl (C=O) groups is 1. The third-order valence-corrected chi connectivity index (χ3v) is 2.90. The van der Waals surface area contributed by atoms with Crippen LogP contribution in [-0.4, -0.2) is 12.6 Å². The van der Waals surface area contributed by atoms with Crippen molar-refractivity contribution < 1.29 is 9.53 Å². The summed E-state index contributed by atoms with van der Waals surface area (Å²) in [5, 5.41) is 0. The molecule has 2 fully saturated rings. The molecule has 0 amide bonds. The molecule has 3 unspecified atom stereocenters. The topological polar surface area (TPSA) is 26.3 Å². The molecular weight excluding hydrogens is 152 g/mol. The van der Waals surface area contributed by atoms with Crippen molar-refractivity contribution in [3.63, 3.8) is 0 Å².